The molecule has 0 spiro atoms. The summed E-state index contributed by atoms with van der Waals surface area (Å²) in [5, 5.41) is 21.1. The van der Waals surface area contributed by atoms with Gasteiger partial charge in [0.25, 0.3) is 0 Å². The Balaban J connectivity index is 1.83. The number of rotatable bonds is 3. The lowest BCUT2D eigenvalue weighted by Gasteiger charge is -2.29. The number of nitrogens with zero attached hydrogens (tertiary/aromatic N) is 3. The zero-order chi connectivity index (χ0) is 19.8. The van der Waals surface area contributed by atoms with E-state index < -0.39 is 17.5 Å². The molecule has 6 nitrogen and oxygen atoms in total. The number of piperidine rings is 1. The second kappa shape index (κ2) is 7.05. The lowest BCUT2D eigenvalue weighted by atomic mass is 10.0. The van der Waals surface area contributed by atoms with Crippen LogP contribution in [0.4, 0.5) is 19.0 Å². The Labute approximate surface area is 154 Å². The maximum atomic E-state index is 12.8. The molecule has 144 valence electrons. The minimum Gasteiger partial charge on any atom is -0.507 e. The summed E-state index contributed by atoms with van der Waals surface area (Å²) >= 11 is 0. The number of likely N-dealkylation sites (N-methyl/N-ethyl adjacent to an activating group) is 1. The summed E-state index contributed by atoms with van der Waals surface area (Å²) in [6.45, 7) is 2.18. The molecule has 1 aromatic heterocycles. The van der Waals surface area contributed by atoms with Gasteiger partial charge in [0.05, 0.1) is 11.3 Å². The minimum atomic E-state index is -4.54. The van der Waals surface area contributed by atoms with Gasteiger partial charge in [-0.15, -0.1) is 10.2 Å². The van der Waals surface area contributed by atoms with E-state index in [-0.39, 0.29) is 28.8 Å². The summed E-state index contributed by atoms with van der Waals surface area (Å²) in [6, 6.07) is 4.37. The molecule has 0 saturated carbocycles. The zero-order valence-electron chi connectivity index (χ0n) is 14.8. The van der Waals surface area contributed by atoms with E-state index in [2.05, 4.69) is 15.5 Å². The van der Waals surface area contributed by atoms with E-state index in [0.717, 1.165) is 12.5 Å². The van der Waals surface area contributed by atoms with Crippen LogP contribution in [0.5, 0.6) is 5.75 Å². The number of hydrogen-bond donors (Lipinski definition) is 2. The predicted molar refractivity (Wildman–Crippen MR) is 93.2 cm³/mol. The number of carbonyl (C=O) groups is 1. The molecule has 1 aliphatic heterocycles. The van der Waals surface area contributed by atoms with Crippen molar-refractivity contribution in [2.75, 3.05) is 18.9 Å². The molecule has 1 amide bonds. The van der Waals surface area contributed by atoms with Crippen LogP contribution >= 0.6 is 0 Å². The number of aryl methyl sites for hydroxylation is 1. The van der Waals surface area contributed by atoms with Crippen LogP contribution < -0.4 is 5.32 Å². The number of nitrogens with one attached hydrogen (secondary N) is 1. The van der Waals surface area contributed by atoms with Crippen LogP contribution in [0.3, 0.4) is 0 Å². The molecular formula is C18H19F3N4O2. The number of phenols is 1. The van der Waals surface area contributed by atoms with E-state index in [9.17, 15) is 23.1 Å². The van der Waals surface area contributed by atoms with E-state index in [1.807, 2.05) is 0 Å². The number of hydrogen-bond acceptors (Lipinski definition) is 5. The summed E-state index contributed by atoms with van der Waals surface area (Å²) in [4.78, 5) is 13.8. The Bertz CT molecular complexity index is 830. The molecule has 9 heteroatoms. The number of amides is 1. The van der Waals surface area contributed by atoms with Gasteiger partial charge in [-0.3, -0.25) is 4.79 Å². The number of alkyl halides is 3. The highest BCUT2D eigenvalue weighted by Crippen LogP contribution is 2.38. The van der Waals surface area contributed by atoms with Crippen molar-refractivity contribution in [3.63, 3.8) is 0 Å². The standard InChI is InChI=1S/C18H19F3N4O2/c1-10-8-11(18(19,20)21)9-14(26)16(10)12-5-6-15(24-23-12)22-13-4-3-7-25(2)17(13)27/h5-6,8-9,13,26H,3-4,7H2,1-2H3,(H,22,24)/t13-/m1/s1. The van der Waals surface area contributed by atoms with Crippen molar-refractivity contribution in [1.29, 1.82) is 0 Å². The van der Waals surface area contributed by atoms with Crippen LogP contribution in [0.1, 0.15) is 24.0 Å². The van der Waals surface area contributed by atoms with Gasteiger partial charge >= 0.3 is 6.18 Å². The van der Waals surface area contributed by atoms with Crippen molar-refractivity contribution in [3.8, 4) is 17.0 Å². The average molecular weight is 380 g/mol. The number of carbonyl (C=O) groups excluding carboxylic acids is 1. The Kier molecular flexibility index (Phi) is 4.95. The van der Waals surface area contributed by atoms with Gasteiger partial charge in [-0.2, -0.15) is 13.2 Å². The van der Waals surface area contributed by atoms with Crippen LogP contribution in [0.15, 0.2) is 24.3 Å². The van der Waals surface area contributed by atoms with Crippen molar-refractivity contribution in [2.45, 2.75) is 32.0 Å². The van der Waals surface area contributed by atoms with Gasteiger partial charge in [0.15, 0.2) is 0 Å². The van der Waals surface area contributed by atoms with Gasteiger partial charge in [-0.1, -0.05) is 0 Å². The summed E-state index contributed by atoms with van der Waals surface area (Å²) in [5.74, 6) is -0.152. The van der Waals surface area contributed by atoms with Crippen LogP contribution in [0.25, 0.3) is 11.3 Å². The number of likely N-dealkylation sites (tertiary alicyclic amines) is 1. The van der Waals surface area contributed by atoms with E-state index in [1.165, 1.54) is 6.92 Å². The fraction of sp³-hybridized carbons (Fsp3) is 0.389. The molecule has 0 unspecified atom stereocenters. The number of phenolic OH excluding ortho intramolecular Hbond substituents is 1. The third kappa shape index (κ3) is 3.96. The molecule has 1 fully saturated rings. The van der Waals surface area contributed by atoms with Crippen LogP contribution in [0.2, 0.25) is 0 Å². The molecule has 1 aliphatic rings. The van der Waals surface area contributed by atoms with Gasteiger partial charge in [0.2, 0.25) is 5.91 Å². The van der Waals surface area contributed by atoms with Crippen LogP contribution in [-0.4, -0.2) is 45.7 Å². The molecule has 27 heavy (non-hydrogen) atoms. The Morgan fingerprint density at radius 2 is 2.00 bits per heavy atom. The van der Waals surface area contributed by atoms with Gasteiger partial charge in [0, 0.05) is 19.2 Å². The fourth-order valence-electron chi connectivity index (χ4n) is 3.15. The van der Waals surface area contributed by atoms with Gasteiger partial charge in [0.1, 0.15) is 17.6 Å². The number of halogens is 3. The average Bonchev–Trinajstić information content (AvgIpc) is 2.59. The SMILES string of the molecule is Cc1cc(C(F)(F)F)cc(O)c1-c1ccc(N[C@@H]2CCCN(C)C2=O)nn1. The van der Waals surface area contributed by atoms with E-state index in [4.69, 9.17) is 0 Å². The zero-order valence-corrected chi connectivity index (χ0v) is 14.8. The molecule has 1 aromatic carbocycles. The highest BCUT2D eigenvalue weighted by Gasteiger charge is 2.32. The van der Waals surface area contributed by atoms with E-state index in [0.29, 0.717) is 24.8 Å². The molecule has 1 atom stereocenters. The lowest BCUT2D eigenvalue weighted by Crippen LogP contribution is -2.45. The maximum Gasteiger partial charge on any atom is 0.416 e. The topological polar surface area (TPSA) is 78.4 Å². The lowest BCUT2D eigenvalue weighted by molar-refractivity contribution is -0.137. The molecule has 2 aromatic rings. The normalized spacial score (nSPS) is 17.9. The first-order valence-corrected chi connectivity index (χ1v) is 8.43. The summed E-state index contributed by atoms with van der Waals surface area (Å²) in [7, 11) is 1.74. The quantitative estimate of drug-likeness (QED) is 0.855. The first-order valence-electron chi connectivity index (χ1n) is 8.43. The third-order valence-corrected chi connectivity index (χ3v) is 4.55. The second-order valence-corrected chi connectivity index (χ2v) is 6.59. The fourth-order valence-corrected chi connectivity index (χ4v) is 3.15. The molecule has 0 bridgehead atoms. The van der Waals surface area contributed by atoms with E-state index >= 15 is 0 Å². The van der Waals surface area contributed by atoms with Gasteiger partial charge in [-0.05, 0) is 49.6 Å². The monoisotopic (exact) mass is 380 g/mol. The van der Waals surface area contributed by atoms with Crippen LogP contribution in [-0.2, 0) is 11.0 Å². The molecule has 0 radical (unpaired) electrons. The highest BCUT2D eigenvalue weighted by molar-refractivity contribution is 5.85. The smallest absolute Gasteiger partial charge is 0.416 e. The molecule has 2 N–H and O–H groups in total. The third-order valence-electron chi connectivity index (χ3n) is 4.55. The van der Waals surface area contributed by atoms with Crippen LogP contribution in [0, 0.1) is 6.92 Å². The molecule has 1 saturated heterocycles. The first kappa shape index (κ1) is 18.9. The number of aromatic hydroxyl groups is 1. The second-order valence-electron chi connectivity index (χ2n) is 6.59. The number of aromatic nitrogens is 2. The molecular weight excluding hydrogens is 361 g/mol. The van der Waals surface area contributed by atoms with E-state index in [1.54, 1.807) is 24.1 Å². The van der Waals surface area contributed by atoms with Gasteiger partial charge in [-0.25, -0.2) is 0 Å². The summed E-state index contributed by atoms with van der Waals surface area (Å²) < 4.78 is 38.5. The highest BCUT2D eigenvalue weighted by atomic mass is 19.4. The largest absolute Gasteiger partial charge is 0.507 e. The van der Waals surface area contributed by atoms with Crippen molar-refractivity contribution < 1.29 is 23.1 Å². The van der Waals surface area contributed by atoms with Crippen molar-refractivity contribution in [1.82, 2.24) is 15.1 Å². The van der Waals surface area contributed by atoms with Crippen molar-refractivity contribution in [2.24, 2.45) is 0 Å². The Morgan fingerprint density at radius 3 is 2.59 bits per heavy atom. The number of benzene rings is 1. The Hall–Kier alpha value is -2.84. The molecule has 3 rings (SSSR count). The van der Waals surface area contributed by atoms with Crippen molar-refractivity contribution in [3.05, 3.63) is 35.4 Å². The van der Waals surface area contributed by atoms with Crippen molar-refractivity contribution >= 4 is 11.7 Å². The Morgan fingerprint density at radius 1 is 1.26 bits per heavy atom. The number of anilines is 1. The molecule has 2 heterocycles. The summed E-state index contributed by atoms with van der Waals surface area (Å²) in [5.41, 5.74) is -0.249. The maximum absolute atomic E-state index is 12.8. The minimum absolute atomic E-state index is 0.0247. The summed E-state index contributed by atoms with van der Waals surface area (Å²) in [6.07, 6.45) is -2.98. The predicted octanol–water partition coefficient (Wildman–Crippen LogP) is 3.21. The first-order chi connectivity index (χ1) is 12.7. The van der Waals surface area contributed by atoms with Gasteiger partial charge < -0.3 is 15.3 Å². The molecule has 0 aliphatic carbocycles.